The standard InChI is InChI=1S/C14H12B2O3/c17-13(15-11-7-3-1-4-8-11)19-14(18)16-12-9-5-2-6-10-12/h1-10,15-16H. The van der Waals surface area contributed by atoms with Crippen LogP contribution in [0.1, 0.15) is 0 Å². The predicted octanol–water partition coefficient (Wildman–Crippen LogP) is 0.767. The molecule has 2 rings (SSSR count). The van der Waals surface area contributed by atoms with Crippen LogP contribution < -0.4 is 10.9 Å². The van der Waals surface area contributed by atoms with Crippen molar-refractivity contribution in [3.8, 4) is 0 Å². The maximum absolute atomic E-state index is 11.6. The second-order valence-corrected chi connectivity index (χ2v) is 4.17. The van der Waals surface area contributed by atoms with Gasteiger partial charge in [-0.15, -0.1) is 0 Å². The van der Waals surface area contributed by atoms with Crippen molar-refractivity contribution in [2.75, 3.05) is 0 Å². The molecule has 0 N–H and O–H groups in total. The van der Waals surface area contributed by atoms with Crippen LogP contribution in [0.2, 0.25) is 0 Å². The minimum absolute atomic E-state index is 0.112. The van der Waals surface area contributed by atoms with Crippen molar-refractivity contribution in [3.05, 3.63) is 60.7 Å². The summed E-state index contributed by atoms with van der Waals surface area (Å²) in [6, 6.07) is 18.4. The molecule has 92 valence electrons. The molecule has 0 aromatic heterocycles. The molecular weight excluding hydrogens is 238 g/mol. The van der Waals surface area contributed by atoms with Gasteiger partial charge in [0.2, 0.25) is 0 Å². The van der Waals surface area contributed by atoms with Crippen LogP contribution in [0.3, 0.4) is 0 Å². The van der Waals surface area contributed by atoms with E-state index in [1.54, 1.807) is 0 Å². The summed E-state index contributed by atoms with van der Waals surface area (Å²) in [5, 5.41) is 0. The first kappa shape index (κ1) is 13.1. The Balaban J connectivity index is 1.84. The molecule has 0 saturated carbocycles. The predicted molar refractivity (Wildman–Crippen MR) is 78.3 cm³/mol. The lowest BCUT2D eigenvalue weighted by Gasteiger charge is -2.02. The van der Waals surface area contributed by atoms with E-state index >= 15 is 0 Å². The van der Waals surface area contributed by atoms with E-state index in [9.17, 15) is 9.59 Å². The molecule has 0 atom stereocenters. The molecule has 0 spiro atoms. The van der Waals surface area contributed by atoms with Crippen LogP contribution in [-0.4, -0.2) is 26.3 Å². The normalized spacial score (nSPS) is 9.47. The Morgan fingerprint density at radius 3 is 1.42 bits per heavy atom. The zero-order valence-corrected chi connectivity index (χ0v) is 10.4. The van der Waals surface area contributed by atoms with E-state index in [1.165, 1.54) is 0 Å². The van der Waals surface area contributed by atoms with Crippen LogP contribution in [0.15, 0.2) is 60.7 Å². The molecule has 0 aliphatic carbocycles. The maximum atomic E-state index is 11.6. The number of ether oxygens (including phenoxy) is 1. The Bertz CT molecular complexity index is 504. The fourth-order valence-electron chi connectivity index (χ4n) is 1.72. The number of carbonyl (C=O) groups is 2. The van der Waals surface area contributed by atoms with E-state index in [4.69, 9.17) is 4.74 Å². The molecule has 0 aliphatic rings. The Hall–Kier alpha value is -2.29. The van der Waals surface area contributed by atoms with Crippen LogP contribution in [0.4, 0.5) is 9.59 Å². The molecule has 5 heteroatoms. The molecule has 0 radical (unpaired) electrons. The molecule has 0 amide bonds. The summed E-state index contributed by atoms with van der Waals surface area (Å²) >= 11 is 0. The lowest BCUT2D eigenvalue weighted by atomic mass is 9.69. The highest BCUT2D eigenvalue weighted by Crippen LogP contribution is 1.88. The van der Waals surface area contributed by atoms with Crippen molar-refractivity contribution in [2.24, 2.45) is 0 Å². The Morgan fingerprint density at radius 2 is 1.05 bits per heavy atom. The quantitative estimate of drug-likeness (QED) is 0.594. The van der Waals surface area contributed by atoms with Crippen molar-refractivity contribution in [1.29, 1.82) is 0 Å². The summed E-state index contributed by atoms with van der Waals surface area (Å²) in [5.74, 6) is -1.04. The Labute approximate surface area is 113 Å². The third kappa shape index (κ3) is 4.47. The van der Waals surface area contributed by atoms with Crippen LogP contribution >= 0.6 is 0 Å². The minimum Gasteiger partial charge on any atom is -0.410 e. The third-order valence-corrected chi connectivity index (χ3v) is 2.61. The summed E-state index contributed by atoms with van der Waals surface area (Å²) in [6.45, 7) is 0. The summed E-state index contributed by atoms with van der Waals surface area (Å²) in [6.07, 6.45) is 0. The van der Waals surface area contributed by atoms with Crippen molar-refractivity contribution in [1.82, 2.24) is 0 Å². The van der Waals surface area contributed by atoms with Crippen LogP contribution in [-0.2, 0) is 4.74 Å². The molecule has 0 bridgehead atoms. The van der Waals surface area contributed by atoms with Gasteiger partial charge in [-0.3, -0.25) is 9.59 Å². The fourth-order valence-corrected chi connectivity index (χ4v) is 1.72. The number of carbonyl (C=O) groups excluding carboxylic acids is 2. The molecule has 2 aromatic carbocycles. The molecule has 3 nitrogen and oxygen atoms in total. The van der Waals surface area contributed by atoms with Gasteiger partial charge in [0.25, 0.3) is 26.3 Å². The second-order valence-electron chi connectivity index (χ2n) is 4.17. The number of hydrogen-bond acceptors (Lipinski definition) is 3. The van der Waals surface area contributed by atoms with Crippen LogP contribution in [0.25, 0.3) is 0 Å². The summed E-state index contributed by atoms with van der Waals surface area (Å²) in [7, 11) is 0.225. The van der Waals surface area contributed by atoms with Gasteiger partial charge in [0, 0.05) is 0 Å². The molecule has 0 fully saturated rings. The molecule has 19 heavy (non-hydrogen) atoms. The molecule has 2 aromatic rings. The largest absolute Gasteiger partial charge is 0.410 e. The smallest absolute Gasteiger partial charge is 0.294 e. The Morgan fingerprint density at radius 1 is 0.684 bits per heavy atom. The monoisotopic (exact) mass is 250 g/mol. The molecule has 0 unspecified atom stereocenters. The van der Waals surface area contributed by atoms with Gasteiger partial charge in [0.15, 0.2) is 0 Å². The fraction of sp³-hybridized carbons (Fsp3) is 0. The topological polar surface area (TPSA) is 43.4 Å². The van der Waals surface area contributed by atoms with Gasteiger partial charge in [-0.1, -0.05) is 71.6 Å². The molecule has 0 heterocycles. The zero-order chi connectivity index (χ0) is 13.5. The summed E-state index contributed by atoms with van der Waals surface area (Å²) in [5.41, 5.74) is 1.67. The average Bonchev–Trinajstić information content (AvgIpc) is 2.40. The first-order valence-electron chi connectivity index (χ1n) is 6.05. The third-order valence-electron chi connectivity index (χ3n) is 2.61. The van der Waals surface area contributed by atoms with Crippen molar-refractivity contribution in [2.45, 2.75) is 0 Å². The Kier molecular flexibility index (Phi) is 4.56. The highest BCUT2D eigenvalue weighted by atomic mass is 16.6. The minimum atomic E-state index is -0.521. The van der Waals surface area contributed by atoms with Gasteiger partial charge in [0.05, 0.1) is 0 Å². The van der Waals surface area contributed by atoms with Gasteiger partial charge in [-0.25, -0.2) is 0 Å². The van der Waals surface area contributed by atoms with E-state index in [2.05, 4.69) is 0 Å². The highest BCUT2D eigenvalue weighted by Gasteiger charge is 2.14. The van der Waals surface area contributed by atoms with Gasteiger partial charge in [0.1, 0.15) is 0 Å². The van der Waals surface area contributed by atoms with Gasteiger partial charge >= 0.3 is 0 Å². The van der Waals surface area contributed by atoms with E-state index in [0.717, 1.165) is 10.9 Å². The first-order valence-corrected chi connectivity index (χ1v) is 6.05. The SMILES string of the molecule is O=C(Bc1ccccc1)OC(=O)Bc1ccccc1. The van der Waals surface area contributed by atoms with Gasteiger partial charge < -0.3 is 4.74 Å². The van der Waals surface area contributed by atoms with Gasteiger partial charge in [-0.2, -0.15) is 0 Å². The lowest BCUT2D eigenvalue weighted by Crippen LogP contribution is -2.31. The van der Waals surface area contributed by atoms with Crippen LogP contribution in [0, 0.1) is 0 Å². The van der Waals surface area contributed by atoms with E-state index < -0.39 is 11.7 Å². The zero-order valence-electron chi connectivity index (χ0n) is 10.4. The molecule has 0 aliphatic heterocycles. The number of rotatable bonds is 4. The van der Waals surface area contributed by atoms with E-state index in [-0.39, 0.29) is 14.6 Å². The number of benzene rings is 2. The number of hydrogen-bond donors (Lipinski definition) is 0. The molecule has 0 saturated heterocycles. The van der Waals surface area contributed by atoms with E-state index in [0.29, 0.717) is 0 Å². The highest BCUT2D eigenvalue weighted by molar-refractivity contribution is 6.87. The van der Waals surface area contributed by atoms with Gasteiger partial charge in [-0.05, 0) is 0 Å². The summed E-state index contributed by atoms with van der Waals surface area (Å²) in [4.78, 5) is 23.1. The second kappa shape index (κ2) is 6.59. The maximum Gasteiger partial charge on any atom is 0.294 e. The average molecular weight is 250 g/mol. The van der Waals surface area contributed by atoms with Crippen molar-refractivity contribution >= 4 is 37.2 Å². The first-order chi connectivity index (χ1) is 9.24. The lowest BCUT2D eigenvalue weighted by molar-refractivity contribution is 0.184. The van der Waals surface area contributed by atoms with Crippen LogP contribution in [0.5, 0.6) is 0 Å². The summed E-state index contributed by atoms with van der Waals surface area (Å²) < 4.78 is 4.78. The molecular formula is C14H12B2O3. The van der Waals surface area contributed by atoms with Crippen molar-refractivity contribution in [3.63, 3.8) is 0 Å². The van der Waals surface area contributed by atoms with E-state index in [1.807, 2.05) is 60.7 Å². The van der Waals surface area contributed by atoms with Crippen molar-refractivity contribution < 1.29 is 14.3 Å².